The molecule has 1 aliphatic heterocycles. The van der Waals surface area contributed by atoms with Crippen LogP contribution < -0.4 is 10.9 Å². The van der Waals surface area contributed by atoms with Gasteiger partial charge in [-0.3, -0.25) is 14.2 Å². The number of aromatic nitrogens is 2. The van der Waals surface area contributed by atoms with Crippen molar-refractivity contribution in [2.75, 3.05) is 6.61 Å². The van der Waals surface area contributed by atoms with Gasteiger partial charge in [-0.05, 0) is 24.1 Å². The van der Waals surface area contributed by atoms with Crippen molar-refractivity contribution in [3.8, 4) is 5.75 Å². The van der Waals surface area contributed by atoms with Gasteiger partial charge in [0.05, 0.1) is 0 Å². The first-order valence-corrected chi connectivity index (χ1v) is 7.49. The highest BCUT2D eigenvalue weighted by Crippen LogP contribution is 2.13. The Morgan fingerprint density at radius 1 is 1.38 bits per heavy atom. The Labute approximate surface area is 136 Å². The maximum atomic E-state index is 12.9. The van der Waals surface area contributed by atoms with Gasteiger partial charge in [-0.25, -0.2) is 9.37 Å². The molecule has 1 amide bonds. The van der Waals surface area contributed by atoms with E-state index in [9.17, 15) is 19.1 Å². The Balaban J connectivity index is 1.82. The van der Waals surface area contributed by atoms with E-state index in [1.54, 1.807) is 0 Å². The highest BCUT2D eigenvalue weighted by molar-refractivity contribution is 5.94. The number of amides is 1. The van der Waals surface area contributed by atoms with Crippen LogP contribution in [-0.2, 0) is 24.4 Å². The van der Waals surface area contributed by atoms with Crippen molar-refractivity contribution in [3.05, 3.63) is 57.5 Å². The second-order valence-electron chi connectivity index (χ2n) is 5.41. The van der Waals surface area contributed by atoms with Gasteiger partial charge in [0, 0.05) is 19.6 Å². The number of hydrogen-bond donors (Lipinski definition) is 2. The third-order valence-electron chi connectivity index (χ3n) is 3.72. The minimum absolute atomic E-state index is 0.00616. The summed E-state index contributed by atoms with van der Waals surface area (Å²) in [7, 11) is 0. The van der Waals surface area contributed by atoms with Gasteiger partial charge in [0.1, 0.15) is 18.4 Å². The summed E-state index contributed by atoms with van der Waals surface area (Å²) in [5.74, 6) is -1.34. The van der Waals surface area contributed by atoms with Gasteiger partial charge >= 0.3 is 0 Å². The molecule has 0 spiro atoms. The molecular weight excluding hydrogens is 317 g/mol. The molecule has 2 aromatic rings. The molecule has 126 valence electrons. The largest absolute Gasteiger partial charge is 0.501 e. The average molecular weight is 333 g/mol. The molecule has 7 nitrogen and oxygen atoms in total. The monoisotopic (exact) mass is 333 g/mol. The molecule has 2 N–H and O–H groups in total. The lowest BCUT2D eigenvalue weighted by atomic mass is 10.2. The van der Waals surface area contributed by atoms with E-state index in [4.69, 9.17) is 4.74 Å². The number of carbonyl (C=O) groups is 1. The number of ether oxygens (including phenoxy) is 1. The summed E-state index contributed by atoms with van der Waals surface area (Å²) in [5.41, 5.74) is -0.326. The maximum Gasteiger partial charge on any atom is 0.298 e. The second kappa shape index (κ2) is 6.79. The first-order valence-electron chi connectivity index (χ1n) is 7.49. The molecule has 1 aromatic heterocycles. The molecule has 8 heteroatoms. The molecule has 1 aliphatic rings. The molecule has 0 aliphatic carbocycles. The zero-order valence-corrected chi connectivity index (χ0v) is 12.8. The number of halogens is 1. The Kier molecular flexibility index (Phi) is 4.57. The van der Waals surface area contributed by atoms with Crippen molar-refractivity contribution in [1.29, 1.82) is 0 Å². The predicted molar refractivity (Wildman–Crippen MR) is 82.0 cm³/mol. The molecule has 0 saturated carbocycles. The quantitative estimate of drug-likeness (QED) is 0.872. The molecule has 0 atom stereocenters. The van der Waals surface area contributed by atoms with E-state index in [0.717, 1.165) is 0 Å². The summed E-state index contributed by atoms with van der Waals surface area (Å²) in [4.78, 5) is 28.5. The van der Waals surface area contributed by atoms with E-state index >= 15 is 0 Å². The van der Waals surface area contributed by atoms with Gasteiger partial charge in [0.2, 0.25) is 5.75 Å². The highest BCUT2D eigenvalue weighted by Gasteiger charge is 2.22. The summed E-state index contributed by atoms with van der Waals surface area (Å²) < 4.78 is 19.3. The first kappa shape index (κ1) is 16.1. The molecule has 0 fully saturated rings. The molecule has 2 heterocycles. The molecule has 0 bridgehead atoms. The van der Waals surface area contributed by atoms with Crippen LogP contribution in [0.2, 0.25) is 0 Å². The lowest BCUT2D eigenvalue weighted by Gasteiger charge is -2.12. The maximum absolute atomic E-state index is 12.9. The number of nitrogens with one attached hydrogen (secondary N) is 1. The summed E-state index contributed by atoms with van der Waals surface area (Å²) in [5, 5.41) is 12.5. The number of rotatable bonds is 3. The Bertz CT molecular complexity index is 817. The molecule has 0 radical (unpaired) electrons. The number of carbonyl (C=O) groups excluding carboxylic acids is 1. The van der Waals surface area contributed by atoms with Crippen molar-refractivity contribution in [2.45, 2.75) is 26.1 Å². The van der Waals surface area contributed by atoms with Crippen molar-refractivity contribution in [2.24, 2.45) is 0 Å². The van der Waals surface area contributed by atoms with E-state index in [-0.39, 0.29) is 24.8 Å². The fraction of sp³-hybridized carbons (Fsp3) is 0.312. The van der Waals surface area contributed by atoms with Crippen molar-refractivity contribution < 1.29 is 19.0 Å². The molecule has 0 saturated heterocycles. The third kappa shape index (κ3) is 3.28. The van der Waals surface area contributed by atoms with Crippen LogP contribution in [0.25, 0.3) is 0 Å². The van der Waals surface area contributed by atoms with Gasteiger partial charge in [0.15, 0.2) is 5.69 Å². The zero-order chi connectivity index (χ0) is 17.1. The number of benzene rings is 1. The van der Waals surface area contributed by atoms with Crippen molar-refractivity contribution in [3.63, 3.8) is 0 Å². The van der Waals surface area contributed by atoms with E-state index < -0.39 is 17.2 Å². The fourth-order valence-electron chi connectivity index (χ4n) is 2.43. The average Bonchev–Trinajstić information content (AvgIpc) is 2.83. The normalized spacial score (nSPS) is 13.9. The van der Waals surface area contributed by atoms with Crippen molar-refractivity contribution in [1.82, 2.24) is 14.9 Å². The van der Waals surface area contributed by atoms with Crippen LogP contribution in [-0.4, -0.2) is 27.2 Å². The smallest absolute Gasteiger partial charge is 0.298 e. The molecular formula is C16H16FN3O4. The van der Waals surface area contributed by atoms with Gasteiger partial charge in [-0.15, -0.1) is 0 Å². The Morgan fingerprint density at radius 2 is 2.12 bits per heavy atom. The number of hydrogen-bond acceptors (Lipinski definition) is 5. The predicted octanol–water partition coefficient (Wildman–Crippen LogP) is 0.938. The summed E-state index contributed by atoms with van der Waals surface area (Å²) in [6, 6.07) is 5.64. The van der Waals surface area contributed by atoms with Crippen LogP contribution in [0.5, 0.6) is 5.75 Å². The summed E-state index contributed by atoms with van der Waals surface area (Å²) in [6.45, 7) is 0.615. The Morgan fingerprint density at radius 3 is 2.88 bits per heavy atom. The second-order valence-corrected chi connectivity index (χ2v) is 5.41. The number of nitrogens with zero attached hydrogens (tertiary/aromatic N) is 2. The topological polar surface area (TPSA) is 93.5 Å². The van der Waals surface area contributed by atoms with Crippen LogP contribution in [0.15, 0.2) is 29.1 Å². The molecule has 3 rings (SSSR count). The van der Waals surface area contributed by atoms with Gasteiger partial charge in [-0.1, -0.05) is 12.1 Å². The van der Waals surface area contributed by atoms with Crippen LogP contribution >= 0.6 is 0 Å². The van der Waals surface area contributed by atoms with E-state index in [0.29, 0.717) is 30.8 Å². The van der Waals surface area contributed by atoms with Crippen LogP contribution in [0.4, 0.5) is 4.39 Å². The van der Waals surface area contributed by atoms with E-state index in [1.165, 1.54) is 28.8 Å². The highest BCUT2D eigenvalue weighted by atomic mass is 19.1. The Hall–Kier alpha value is -2.74. The number of fused-ring (bicyclic) bond motifs is 1. The van der Waals surface area contributed by atoms with E-state index in [2.05, 4.69) is 10.3 Å². The van der Waals surface area contributed by atoms with Crippen LogP contribution in [0.3, 0.4) is 0 Å². The summed E-state index contributed by atoms with van der Waals surface area (Å²) >= 11 is 0. The number of aromatic hydroxyl groups is 1. The summed E-state index contributed by atoms with van der Waals surface area (Å²) in [6.07, 6.45) is 1.15. The molecule has 0 unspecified atom stereocenters. The van der Waals surface area contributed by atoms with Crippen molar-refractivity contribution >= 4 is 5.91 Å². The minimum atomic E-state index is -0.708. The SMILES string of the molecule is O=C(NCc1ccc(F)cc1)c1nc2n(c(=O)c1O)COCCC2. The van der Waals surface area contributed by atoms with Crippen LogP contribution in [0, 0.1) is 5.82 Å². The standard InChI is InChI=1S/C16H16FN3O4/c17-11-5-3-10(4-6-11)8-18-15(22)13-14(21)16(23)20-9-24-7-1-2-12(20)19-13/h3-6,21H,1-2,7-9H2,(H,18,22). The molecule has 1 aromatic carbocycles. The minimum Gasteiger partial charge on any atom is -0.501 e. The van der Waals surface area contributed by atoms with Gasteiger partial charge in [0.25, 0.3) is 11.5 Å². The van der Waals surface area contributed by atoms with Gasteiger partial charge < -0.3 is 15.2 Å². The lowest BCUT2D eigenvalue weighted by Crippen LogP contribution is -2.31. The third-order valence-corrected chi connectivity index (χ3v) is 3.72. The van der Waals surface area contributed by atoms with E-state index in [1.807, 2.05) is 0 Å². The molecule has 24 heavy (non-hydrogen) atoms. The van der Waals surface area contributed by atoms with Gasteiger partial charge in [-0.2, -0.15) is 0 Å². The first-order chi connectivity index (χ1) is 11.6. The fourth-order valence-corrected chi connectivity index (χ4v) is 2.43. The number of aryl methyl sites for hydroxylation is 1. The van der Waals surface area contributed by atoms with Crippen LogP contribution in [0.1, 0.15) is 28.3 Å². The zero-order valence-electron chi connectivity index (χ0n) is 12.8. The lowest BCUT2D eigenvalue weighted by molar-refractivity contribution is 0.0809.